The average molecular weight is 294 g/mol. The minimum atomic E-state index is 0.211. The second kappa shape index (κ2) is 8.42. The van der Waals surface area contributed by atoms with Crippen LogP contribution in [0.5, 0.6) is 0 Å². The van der Waals surface area contributed by atoms with Gasteiger partial charge in [0, 0.05) is 23.9 Å². The Morgan fingerprint density at radius 2 is 2.40 bits per heavy atom. The van der Waals surface area contributed by atoms with Crippen molar-refractivity contribution >= 4 is 17.2 Å². The van der Waals surface area contributed by atoms with Gasteiger partial charge in [-0.15, -0.1) is 11.3 Å². The van der Waals surface area contributed by atoms with Gasteiger partial charge in [0.15, 0.2) is 0 Å². The molecule has 1 aromatic rings. The summed E-state index contributed by atoms with van der Waals surface area (Å²) in [7, 11) is 0. The van der Waals surface area contributed by atoms with E-state index >= 15 is 0 Å². The molecule has 1 atom stereocenters. The fourth-order valence-electron chi connectivity index (χ4n) is 2.91. The molecule has 0 aliphatic carbocycles. The van der Waals surface area contributed by atoms with Gasteiger partial charge < -0.3 is 5.32 Å². The van der Waals surface area contributed by atoms with Crippen LogP contribution >= 0.6 is 11.3 Å². The molecule has 1 N–H and O–H groups in total. The molecule has 0 radical (unpaired) electrons. The number of thiophene rings is 1. The second-order valence-electron chi connectivity index (χ2n) is 5.52. The Kier molecular flexibility index (Phi) is 6.54. The highest BCUT2D eigenvalue weighted by atomic mass is 32.1. The first kappa shape index (κ1) is 15.5. The Bertz CT molecular complexity index is 391. The predicted octanol–water partition coefficient (Wildman–Crippen LogP) is 3.06. The number of hydrogen-bond donors (Lipinski definition) is 1. The van der Waals surface area contributed by atoms with E-state index in [1.165, 1.54) is 30.7 Å². The van der Waals surface area contributed by atoms with Crippen LogP contribution in [0.25, 0.3) is 0 Å². The summed E-state index contributed by atoms with van der Waals surface area (Å²) in [6.07, 6.45) is 6.46. The lowest BCUT2D eigenvalue weighted by Gasteiger charge is -2.34. The number of nitrogens with zero attached hydrogens (tertiary/aromatic N) is 1. The molecule has 112 valence electrons. The number of piperidine rings is 1. The first-order chi connectivity index (χ1) is 9.79. The van der Waals surface area contributed by atoms with Crippen molar-refractivity contribution in [3.8, 4) is 0 Å². The molecule has 0 spiro atoms. The van der Waals surface area contributed by atoms with Crippen LogP contribution in [0.15, 0.2) is 17.5 Å². The van der Waals surface area contributed by atoms with E-state index in [1.807, 2.05) is 0 Å². The number of amides is 1. The molecule has 0 saturated carbocycles. The maximum atomic E-state index is 11.9. The van der Waals surface area contributed by atoms with Gasteiger partial charge in [-0.3, -0.25) is 9.69 Å². The molecular weight excluding hydrogens is 268 g/mol. The fourth-order valence-corrected chi connectivity index (χ4v) is 3.66. The van der Waals surface area contributed by atoms with Gasteiger partial charge in [0.2, 0.25) is 5.91 Å². The van der Waals surface area contributed by atoms with Crippen LogP contribution in [0.3, 0.4) is 0 Å². The van der Waals surface area contributed by atoms with Crippen molar-refractivity contribution in [3.05, 3.63) is 22.4 Å². The lowest BCUT2D eigenvalue weighted by molar-refractivity contribution is -0.121. The van der Waals surface area contributed by atoms with E-state index in [0.29, 0.717) is 12.5 Å². The van der Waals surface area contributed by atoms with Gasteiger partial charge in [0.25, 0.3) is 0 Å². The molecule has 1 aliphatic rings. The van der Waals surface area contributed by atoms with E-state index in [-0.39, 0.29) is 5.91 Å². The summed E-state index contributed by atoms with van der Waals surface area (Å²) in [5.74, 6) is 0.211. The number of likely N-dealkylation sites (N-methyl/N-ethyl adjacent to an activating group) is 1. The van der Waals surface area contributed by atoms with Crippen LogP contribution in [-0.4, -0.2) is 36.5 Å². The molecule has 3 nitrogen and oxygen atoms in total. The molecule has 1 unspecified atom stereocenters. The van der Waals surface area contributed by atoms with Crippen molar-refractivity contribution < 1.29 is 4.79 Å². The van der Waals surface area contributed by atoms with Crippen LogP contribution in [0, 0.1) is 0 Å². The van der Waals surface area contributed by atoms with Crippen molar-refractivity contribution in [2.45, 2.75) is 51.5 Å². The maximum absolute atomic E-state index is 11.9. The third kappa shape index (κ3) is 4.91. The summed E-state index contributed by atoms with van der Waals surface area (Å²) in [6.45, 7) is 5.32. The summed E-state index contributed by atoms with van der Waals surface area (Å²) < 4.78 is 0. The SMILES string of the molecule is CCN1CCCCC1CNC(=O)CCCc1cccs1. The lowest BCUT2D eigenvalue weighted by atomic mass is 10.0. The summed E-state index contributed by atoms with van der Waals surface area (Å²) in [6, 6.07) is 4.77. The number of aryl methyl sites for hydroxylation is 1. The standard InChI is InChI=1S/C16H26N2OS/c1-2-18-11-4-3-7-14(18)13-17-16(19)10-5-8-15-9-6-12-20-15/h6,9,12,14H,2-5,7-8,10-11,13H2,1H3,(H,17,19). The van der Waals surface area contributed by atoms with Crippen LogP contribution in [-0.2, 0) is 11.2 Å². The molecule has 1 saturated heterocycles. The van der Waals surface area contributed by atoms with Crippen LogP contribution < -0.4 is 5.32 Å². The van der Waals surface area contributed by atoms with E-state index < -0.39 is 0 Å². The third-order valence-corrected chi connectivity index (χ3v) is 5.03. The number of carbonyl (C=O) groups is 1. The Morgan fingerprint density at radius 3 is 3.15 bits per heavy atom. The maximum Gasteiger partial charge on any atom is 0.220 e. The smallest absolute Gasteiger partial charge is 0.220 e. The number of hydrogen-bond acceptors (Lipinski definition) is 3. The van der Waals surface area contributed by atoms with E-state index in [1.54, 1.807) is 11.3 Å². The molecule has 4 heteroatoms. The van der Waals surface area contributed by atoms with Gasteiger partial charge in [0.05, 0.1) is 0 Å². The monoisotopic (exact) mass is 294 g/mol. The molecule has 2 heterocycles. The molecule has 0 bridgehead atoms. The topological polar surface area (TPSA) is 32.3 Å². The van der Waals surface area contributed by atoms with E-state index in [4.69, 9.17) is 0 Å². The van der Waals surface area contributed by atoms with E-state index in [0.717, 1.165) is 25.9 Å². The Hall–Kier alpha value is -0.870. The molecule has 2 rings (SSSR count). The van der Waals surface area contributed by atoms with Crippen LogP contribution in [0.4, 0.5) is 0 Å². The second-order valence-corrected chi connectivity index (χ2v) is 6.55. The summed E-state index contributed by atoms with van der Waals surface area (Å²) in [5, 5.41) is 5.21. The highest BCUT2D eigenvalue weighted by Crippen LogP contribution is 2.16. The molecule has 20 heavy (non-hydrogen) atoms. The molecular formula is C16H26N2OS. The highest BCUT2D eigenvalue weighted by Gasteiger charge is 2.20. The molecule has 1 fully saturated rings. The van der Waals surface area contributed by atoms with Gasteiger partial charge in [0.1, 0.15) is 0 Å². The van der Waals surface area contributed by atoms with Gasteiger partial charge in [-0.25, -0.2) is 0 Å². The minimum absolute atomic E-state index is 0.211. The zero-order valence-electron chi connectivity index (χ0n) is 12.4. The Labute approximate surface area is 126 Å². The first-order valence-corrected chi connectivity index (χ1v) is 8.70. The third-order valence-electron chi connectivity index (χ3n) is 4.10. The van der Waals surface area contributed by atoms with Crippen LogP contribution in [0.1, 0.15) is 43.9 Å². The minimum Gasteiger partial charge on any atom is -0.355 e. The van der Waals surface area contributed by atoms with Gasteiger partial charge in [-0.05, 0) is 50.2 Å². The van der Waals surface area contributed by atoms with Gasteiger partial charge in [-0.1, -0.05) is 19.4 Å². The van der Waals surface area contributed by atoms with Crippen molar-refractivity contribution in [1.82, 2.24) is 10.2 Å². The normalized spacial score (nSPS) is 19.9. The highest BCUT2D eigenvalue weighted by molar-refractivity contribution is 7.09. The van der Waals surface area contributed by atoms with Gasteiger partial charge >= 0.3 is 0 Å². The molecule has 1 amide bonds. The van der Waals surface area contributed by atoms with Crippen molar-refractivity contribution in [1.29, 1.82) is 0 Å². The summed E-state index contributed by atoms with van der Waals surface area (Å²) >= 11 is 1.78. The molecule has 1 aliphatic heterocycles. The number of nitrogens with one attached hydrogen (secondary N) is 1. The zero-order chi connectivity index (χ0) is 14.2. The van der Waals surface area contributed by atoms with Crippen molar-refractivity contribution in [2.75, 3.05) is 19.6 Å². The number of likely N-dealkylation sites (tertiary alicyclic amines) is 1. The predicted molar refractivity (Wildman–Crippen MR) is 85.2 cm³/mol. The summed E-state index contributed by atoms with van der Waals surface area (Å²) in [4.78, 5) is 15.8. The van der Waals surface area contributed by atoms with Crippen molar-refractivity contribution in [3.63, 3.8) is 0 Å². The Morgan fingerprint density at radius 1 is 1.50 bits per heavy atom. The van der Waals surface area contributed by atoms with E-state index in [9.17, 15) is 4.79 Å². The fraction of sp³-hybridized carbons (Fsp3) is 0.688. The van der Waals surface area contributed by atoms with Crippen LogP contribution in [0.2, 0.25) is 0 Å². The Balaban J connectivity index is 1.61. The lowest BCUT2D eigenvalue weighted by Crippen LogP contribution is -2.46. The first-order valence-electron chi connectivity index (χ1n) is 7.82. The molecule has 0 aromatic carbocycles. The van der Waals surface area contributed by atoms with Crippen molar-refractivity contribution in [2.24, 2.45) is 0 Å². The molecule has 1 aromatic heterocycles. The zero-order valence-corrected chi connectivity index (χ0v) is 13.3. The van der Waals surface area contributed by atoms with E-state index in [2.05, 4.69) is 34.7 Å². The number of carbonyl (C=O) groups excluding carboxylic acids is 1. The quantitative estimate of drug-likeness (QED) is 0.838. The van der Waals surface area contributed by atoms with Gasteiger partial charge in [-0.2, -0.15) is 0 Å². The average Bonchev–Trinajstić information content (AvgIpc) is 2.98. The number of rotatable bonds is 7. The summed E-state index contributed by atoms with van der Waals surface area (Å²) in [5.41, 5.74) is 0. The largest absolute Gasteiger partial charge is 0.355 e.